The number of benzene rings is 4. The zero-order chi connectivity index (χ0) is 41.9. The third kappa shape index (κ3) is 7.50. The van der Waals surface area contributed by atoms with Crippen molar-refractivity contribution in [2.45, 2.75) is 133 Å². The van der Waals surface area contributed by atoms with Crippen LogP contribution in [0.15, 0.2) is 96.1 Å². The van der Waals surface area contributed by atoms with Crippen molar-refractivity contribution < 1.29 is 17.4 Å². The molecule has 0 spiro atoms. The zero-order valence-electron chi connectivity index (χ0n) is 39.5. The molecule has 8 saturated carbocycles. The van der Waals surface area contributed by atoms with E-state index in [-0.39, 0.29) is 24.8 Å². The van der Waals surface area contributed by atoms with Crippen LogP contribution in [0, 0.1) is 59.2 Å². The molecule has 0 amide bonds. The number of halogens is 2. The van der Waals surface area contributed by atoms with Crippen LogP contribution in [0.4, 0.5) is 0 Å². The van der Waals surface area contributed by atoms with E-state index in [1.807, 2.05) is 11.1 Å². The topological polar surface area (TPSA) is 0 Å². The molecule has 4 aromatic carbocycles. The molecule has 0 saturated heterocycles. The van der Waals surface area contributed by atoms with Gasteiger partial charge in [-0.3, -0.25) is 0 Å². The normalized spacial score (nSPS) is 32.7. The monoisotopic (exact) mass is 984 g/mol. The van der Waals surface area contributed by atoms with E-state index in [1.54, 1.807) is 35.1 Å². The van der Waals surface area contributed by atoms with E-state index in [0.29, 0.717) is 7.25 Å². The molecule has 0 radical (unpaired) electrons. The molecule has 0 aromatic heterocycles. The molecule has 8 bridgehead atoms. The van der Waals surface area contributed by atoms with Crippen molar-refractivity contribution in [3.05, 3.63) is 129 Å². The van der Waals surface area contributed by atoms with Gasteiger partial charge in [0, 0.05) is 0 Å². The Hall–Kier alpha value is -1.96. The Labute approximate surface area is 402 Å². The average Bonchev–Trinajstić information content (AvgIpc) is 3.85. The average molecular weight is 987 g/mol. The third-order valence-electron chi connectivity index (χ3n) is 20.1. The molecule has 4 heteroatoms. The van der Waals surface area contributed by atoms with E-state index < -0.39 is 17.4 Å². The fourth-order valence-corrected chi connectivity index (χ4v) is 43.9. The van der Waals surface area contributed by atoms with Crippen LogP contribution >= 0.6 is 24.8 Å². The summed E-state index contributed by atoms with van der Waals surface area (Å²) in [6.07, 6.45) is 27.3. The first-order valence-electron chi connectivity index (χ1n) is 26.1. The fourth-order valence-electron chi connectivity index (χ4n) is 18.1. The summed E-state index contributed by atoms with van der Waals surface area (Å²) < 4.78 is 5.70. The minimum atomic E-state index is -4.05. The zero-order valence-corrected chi connectivity index (χ0v) is 45.0. The first-order valence-corrected chi connectivity index (χ1v) is 39.0. The molecular formula is C60H76Cl2SiZr. The second-order valence-corrected chi connectivity index (χ2v) is 52.3. The van der Waals surface area contributed by atoms with Crippen LogP contribution in [0.3, 0.4) is 0 Å². The van der Waals surface area contributed by atoms with Gasteiger partial charge in [0.1, 0.15) is 0 Å². The first kappa shape index (κ1) is 45.8. The molecule has 14 rings (SSSR count). The van der Waals surface area contributed by atoms with Crippen molar-refractivity contribution in [3.8, 4) is 22.3 Å². The molecule has 338 valence electrons. The number of fused-ring (bicyclic) bond motifs is 2. The van der Waals surface area contributed by atoms with Crippen LogP contribution in [0.2, 0.25) is 8.76 Å². The summed E-state index contributed by atoms with van der Waals surface area (Å²) in [7, 11) is 0. The third-order valence-corrected chi connectivity index (χ3v) is 43.6. The quantitative estimate of drug-likeness (QED) is 0.124. The van der Waals surface area contributed by atoms with Gasteiger partial charge in [0.05, 0.1) is 0 Å². The van der Waals surface area contributed by atoms with E-state index in [9.17, 15) is 0 Å². The number of rotatable bonds is 12. The number of hydrogen-bond donors (Lipinski definition) is 0. The van der Waals surface area contributed by atoms with Gasteiger partial charge in [-0.25, -0.2) is 0 Å². The summed E-state index contributed by atoms with van der Waals surface area (Å²) in [5.41, 5.74) is 19.1. The van der Waals surface area contributed by atoms with Crippen LogP contribution < -0.4 is 0 Å². The largest absolute Gasteiger partial charge is 0.147 e. The van der Waals surface area contributed by atoms with Gasteiger partial charge < -0.3 is 0 Å². The molecule has 4 aromatic rings. The van der Waals surface area contributed by atoms with E-state index in [4.69, 9.17) is 0 Å². The van der Waals surface area contributed by atoms with Crippen LogP contribution in [0.5, 0.6) is 0 Å². The van der Waals surface area contributed by atoms with Gasteiger partial charge in [0.2, 0.25) is 0 Å². The summed E-state index contributed by atoms with van der Waals surface area (Å²) in [6.45, 7) is 9.86. The molecule has 0 N–H and O–H groups in total. The minimum absolute atomic E-state index is 0. The first-order chi connectivity index (χ1) is 30.2. The van der Waals surface area contributed by atoms with Crippen molar-refractivity contribution in [3.63, 3.8) is 0 Å². The standard InChI is InChI=1S/2C28H31.C3H7.CH3.2ClH.H2Si.Zr/c2*1-2-18-6-8-22(9-7-18)26-5-3-4-23-11-21(17-28(23)26)16-27-24-12-19-10-20(14-24)15-25(27)13-19;1-3-2;;;;;/h2*3-9,11,17,19-20,24-25,27H,2,10,12-16H2,1H3;1,3H2,2H3;1H3;2*1H;1H2;. The van der Waals surface area contributed by atoms with E-state index in [1.165, 1.54) is 108 Å². The van der Waals surface area contributed by atoms with Gasteiger partial charge in [-0.05, 0) is 0 Å². The van der Waals surface area contributed by atoms with Crippen LogP contribution in [-0.4, -0.2) is 6.88 Å². The molecule has 10 aliphatic rings. The Morgan fingerprint density at radius 1 is 0.484 bits per heavy atom. The van der Waals surface area contributed by atoms with Crippen LogP contribution in [0.25, 0.3) is 34.4 Å². The molecule has 2 unspecified atom stereocenters. The maximum Gasteiger partial charge on any atom is -0.147 e. The molecule has 8 fully saturated rings. The van der Waals surface area contributed by atoms with Gasteiger partial charge in [0.25, 0.3) is 0 Å². The van der Waals surface area contributed by atoms with E-state index in [2.05, 4.69) is 129 Å². The van der Waals surface area contributed by atoms with Crippen LogP contribution in [-0.2, 0) is 30.2 Å². The maximum absolute atomic E-state index is 4.05. The molecule has 2 atom stereocenters. The summed E-state index contributed by atoms with van der Waals surface area (Å²) in [6, 6.07) is 34.6. The summed E-state index contributed by atoms with van der Waals surface area (Å²) in [5, 5.41) is 0. The molecule has 0 heterocycles. The molecule has 0 nitrogen and oxygen atoms in total. The van der Waals surface area contributed by atoms with Gasteiger partial charge in [-0.15, -0.1) is 24.8 Å². The molecule has 10 aliphatic carbocycles. The maximum atomic E-state index is 3.06. The Bertz CT molecular complexity index is 2300. The second kappa shape index (κ2) is 17.5. The van der Waals surface area contributed by atoms with Crippen molar-refractivity contribution in [2.75, 3.05) is 0 Å². The van der Waals surface area contributed by atoms with Gasteiger partial charge in [0.15, 0.2) is 0 Å². The van der Waals surface area contributed by atoms with Gasteiger partial charge >= 0.3 is 380 Å². The summed E-state index contributed by atoms with van der Waals surface area (Å²) in [4.78, 5) is 0. The van der Waals surface area contributed by atoms with Gasteiger partial charge in [-0.1, -0.05) is 0 Å². The number of aryl methyl sites for hydroxylation is 2. The Balaban J connectivity index is 0.00000242. The summed E-state index contributed by atoms with van der Waals surface area (Å²) >= 11 is -4.05. The Kier molecular flexibility index (Phi) is 12.5. The predicted octanol–water partition coefficient (Wildman–Crippen LogP) is 16.6. The molecule has 64 heavy (non-hydrogen) atoms. The fraction of sp³-hybridized carbons (Fsp3) is 0.533. The smallest absolute Gasteiger partial charge is 0.147 e. The predicted molar refractivity (Wildman–Crippen MR) is 278 cm³/mol. The number of hydrogen-bond acceptors (Lipinski definition) is 0. The molecule has 0 aliphatic heterocycles. The summed E-state index contributed by atoms with van der Waals surface area (Å²) in [5.74, 6) is 9.73. The SMILES string of the molecule is CC[CH2][Zr]([CH3])(=[SiH2])([CH]1C(CC2C3CC4CC(C3)CC2C4)=Cc2c(-c3ccc(CC)cc3)cccc21)[CH]1C(CC2C3CC4CC(C3)CC2C4)=Cc2c(-c3ccc(CC)cc3)cccc21.Cl.Cl. The van der Waals surface area contributed by atoms with Crippen molar-refractivity contribution in [2.24, 2.45) is 59.2 Å². The van der Waals surface area contributed by atoms with Gasteiger partial charge in [-0.2, -0.15) is 0 Å². The van der Waals surface area contributed by atoms with Crippen molar-refractivity contribution in [1.82, 2.24) is 0 Å². The van der Waals surface area contributed by atoms with Crippen LogP contribution in [0.1, 0.15) is 145 Å². The van der Waals surface area contributed by atoms with Crippen molar-refractivity contribution >= 4 is 43.8 Å². The molecular weight excluding hydrogens is 911 g/mol. The van der Waals surface area contributed by atoms with Crippen molar-refractivity contribution in [1.29, 1.82) is 0 Å². The number of allylic oxidation sites excluding steroid dienone is 2. The van der Waals surface area contributed by atoms with E-state index >= 15 is 0 Å². The Morgan fingerprint density at radius 3 is 1.17 bits per heavy atom. The minimum Gasteiger partial charge on any atom is -0.147 e. The Morgan fingerprint density at radius 2 is 0.844 bits per heavy atom. The van der Waals surface area contributed by atoms with E-state index in [0.717, 1.165) is 72.0 Å². The second-order valence-electron chi connectivity index (χ2n) is 23.9.